The molecule has 0 saturated heterocycles. The Labute approximate surface area is 201 Å². The van der Waals surface area contributed by atoms with Crippen LogP contribution in [0.25, 0.3) is 0 Å². The van der Waals surface area contributed by atoms with Gasteiger partial charge in [0.2, 0.25) is 17.7 Å². The van der Waals surface area contributed by atoms with Crippen molar-refractivity contribution in [1.82, 2.24) is 20.9 Å². The number of hydrogen-bond donors (Lipinski definition) is 3. The molecule has 0 bridgehead atoms. The molecule has 1 aliphatic heterocycles. The summed E-state index contributed by atoms with van der Waals surface area (Å²) < 4.78 is 10.7. The van der Waals surface area contributed by atoms with Gasteiger partial charge >= 0.3 is 0 Å². The summed E-state index contributed by atoms with van der Waals surface area (Å²) in [5.41, 5.74) is -0.627. The molecule has 0 saturated carbocycles. The summed E-state index contributed by atoms with van der Waals surface area (Å²) in [5, 5.41) is 8.07. The molecule has 5 amide bonds. The highest BCUT2D eigenvalue weighted by molar-refractivity contribution is 6.12. The highest BCUT2D eigenvalue weighted by Gasteiger charge is 2.29. The van der Waals surface area contributed by atoms with E-state index in [0.717, 1.165) is 4.90 Å². The maximum Gasteiger partial charge on any atom is 0.253 e. The van der Waals surface area contributed by atoms with Gasteiger partial charge in [0, 0.05) is 24.1 Å². The van der Waals surface area contributed by atoms with Crippen LogP contribution in [0.4, 0.5) is 0 Å². The van der Waals surface area contributed by atoms with Crippen LogP contribution >= 0.6 is 0 Å². The number of carbonyl (C=O) groups excluding carboxylic acids is 5. The van der Waals surface area contributed by atoms with Gasteiger partial charge in [0.05, 0.1) is 33.0 Å². The Balaban J connectivity index is 2.24. The molecular formula is C23H38N4O7. The standard InChI is InChI=1S/C23H38N4O7/c1-15(2)19(26-20(30)16(3)25-22(32)23(4,5)6)21(31)24-9-11-33-13-14-34-12-10-27-17(28)7-8-18(27)29/h7-8,15-16,19H,9-14H2,1-6H3,(H,24,31)(H,25,32)(H,26,30)/t16-,19-/m1/s1. The summed E-state index contributed by atoms with van der Waals surface area (Å²) in [6.07, 6.45) is 2.45. The summed E-state index contributed by atoms with van der Waals surface area (Å²) >= 11 is 0. The second-order valence-corrected chi connectivity index (χ2v) is 9.35. The zero-order chi connectivity index (χ0) is 25.9. The zero-order valence-electron chi connectivity index (χ0n) is 20.9. The number of imide groups is 1. The molecule has 0 spiro atoms. The van der Waals surface area contributed by atoms with Crippen LogP contribution < -0.4 is 16.0 Å². The predicted octanol–water partition coefficient (Wildman–Crippen LogP) is -0.248. The van der Waals surface area contributed by atoms with Crippen molar-refractivity contribution in [3.05, 3.63) is 12.2 Å². The third-order valence-electron chi connectivity index (χ3n) is 4.95. The van der Waals surface area contributed by atoms with Crippen LogP contribution in [0.1, 0.15) is 41.5 Å². The number of hydrogen-bond acceptors (Lipinski definition) is 7. The van der Waals surface area contributed by atoms with Crippen molar-refractivity contribution in [1.29, 1.82) is 0 Å². The monoisotopic (exact) mass is 482 g/mol. The molecule has 1 heterocycles. The molecule has 34 heavy (non-hydrogen) atoms. The fourth-order valence-corrected chi connectivity index (χ4v) is 2.78. The first-order valence-electron chi connectivity index (χ1n) is 11.4. The molecule has 0 aliphatic carbocycles. The van der Waals surface area contributed by atoms with Gasteiger partial charge in [-0.25, -0.2) is 0 Å². The van der Waals surface area contributed by atoms with Crippen molar-refractivity contribution in [2.45, 2.75) is 53.6 Å². The SMILES string of the molecule is CC(C)[C@@H](NC(=O)[C@@H](C)NC(=O)C(C)(C)C)C(=O)NCCOCCOCCN1C(=O)C=CC1=O. The van der Waals surface area contributed by atoms with E-state index in [0.29, 0.717) is 0 Å². The first-order valence-corrected chi connectivity index (χ1v) is 11.4. The smallest absolute Gasteiger partial charge is 0.253 e. The Morgan fingerprint density at radius 3 is 1.97 bits per heavy atom. The van der Waals surface area contributed by atoms with Gasteiger partial charge < -0.3 is 25.4 Å². The Hall–Kier alpha value is -2.79. The van der Waals surface area contributed by atoms with Crippen LogP contribution in [0.3, 0.4) is 0 Å². The summed E-state index contributed by atoms with van der Waals surface area (Å²) in [6.45, 7) is 11.9. The third kappa shape index (κ3) is 10.0. The number of nitrogens with one attached hydrogen (secondary N) is 3. The number of rotatable bonds is 14. The number of nitrogens with zero attached hydrogens (tertiary/aromatic N) is 1. The first kappa shape index (κ1) is 29.2. The fraction of sp³-hybridized carbons (Fsp3) is 0.696. The van der Waals surface area contributed by atoms with Crippen LogP contribution in [-0.4, -0.2) is 86.0 Å². The quantitative estimate of drug-likeness (QED) is 0.229. The molecule has 11 nitrogen and oxygen atoms in total. The second-order valence-electron chi connectivity index (χ2n) is 9.35. The average Bonchev–Trinajstić information content (AvgIpc) is 3.06. The lowest BCUT2D eigenvalue weighted by Gasteiger charge is -2.25. The van der Waals surface area contributed by atoms with Crippen molar-refractivity contribution < 1.29 is 33.4 Å². The molecule has 0 radical (unpaired) electrons. The largest absolute Gasteiger partial charge is 0.377 e. The number of ether oxygens (including phenoxy) is 2. The van der Waals surface area contributed by atoms with Gasteiger partial charge in [0.25, 0.3) is 11.8 Å². The highest BCUT2D eigenvalue weighted by atomic mass is 16.5. The molecule has 11 heteroatoms. The van der Waals surface area contributed by atoms with Gasteiger partial charge in [-0.1, -0.05) is 34.6 Å². The summed E-state index contributed by atoms with van der Waals surface area (Å²) in [4.78, 5) is 61.0. The van der Waals surface area contributed by atoms with Crippen LogP contribution in [0.2, 0.25) is 0 Å². The van der Waals surface area contributed by atoms with Crippen molar-refractivity contribution in [3.63, 3.8) is 0 Å². The topological polar surface area (TPSA) is 143 Å². The lowest BCUT2D eigenvalue weighted by atomic mass is 9.95. The minimum Gasteiger partial charge on any atom is -0.377 e. The van der Waals surface area contributed by atoms with Gasteiger partial charge in [-0.2, -0.15) is 0 Å². The maximum absolute atomic E-state index is 12.5. The Morgan fingerprint density at radius 1 is 0.882 bits per heavy atom. The molecule has 0 aromatic rings. The van der Waals surface area contributed by atoms with Crippen molar-refractivity contribution in [2.24, 2.45) is 11.3 Å². The van der Waals surface area contributed by atoms with E-state index in [-0.39, 0.29) is 69.1 Å². The highest BCUT2D eigenvalue weighted by Crippen LogP contribution is 2.13. The fourth-order valence-electron chi connectivity index (χ4n) is 2.78. The molecule has 192 valence electrons. The van der Waals surface area contributed by atoms with E-state index in [1.54, 1.807) is 27.7 Å². The molecule has 0 unspecified atom stereocenters. The van der Waals surface area contributed by atoms with Gasteiger partial charge in [0.1, 0.15) is 12.1 Å². The van der Waals surface area contributed by atoms with E-state index in [2.05, 4.69) is 16.0 Å². The first-order chi connectivity index (χ1) is 15.8. The van der Waals surface area contributed by atoms with E-state index in [1.807, 2.05) is 13.8 Å². The molecule has 2 atom stereocenters. The normalized spacial score (nSPS) is 15.4. The lowest BCUT2D eigenvalue weighted by molar-refractivity contribution is -0.137. The van der Waals surface area contributed by atoms with Gasteiger partial charge in [-0.3, -0.25) is 28.9 Å². The van der Waals surface area contributed by atoms with E-state index in [9.17, 15) is 24.0 Å². The summed E-state index contributed by atoms with van der Waals surface area (Å²) in [6, 6.07) is -1.53. The van der Waals surface area contributed by atoms with E-state index in [1.165, 1.54) is 12.2 Å². The molecule has 1 rings (SSSR count). The van der Waals surface area contributed by atoms with E-state index >= 15 is 0 Å². The molecule has 0 aromatic heterocycles. The molecule has 0 fully saturated rings. The Kier molecular flexibility index (Phi) is 11.9. The van der Waals surface area contributed by atoms with Crippen LogP contribution in [0.15, 0.2) is 12.2 Å². The van der Waals surface area contributed by atoms with Gasteiger partial charge in [-0.05, 0) is 12.8 Å². The lowest BCUT2D eigenvalue weighted by Crippen LogP contribution is -2.55. The summed E-state index contributed by atoms with van der Waals surface area (Å²) in [5.74, 6) is -1.88. The van der Waals surface area contributed by atoms with Crippen LogP contribution in [0.5, 0.6) is 0 Å². The Bertz CT molecular complexity index is 756. The van der Waals surface area contributed by atoms with Crippen molar-refractivity contribution in [2.75, 3.05) is 39.5 Å². The van der Waals surface area contributed by atoms with E-state index < -0.39 is 23.4 Å². The van der Waals surface area contributed by atoms with Crippen LogP contribution in [0, 0.1) is 11.3 Å². The van der Waals surface area contributed by atoms with Gasteiger partial charge in [-0.15, -0.1) is 0 Å². The maximum atomic E-state index is 12.5. The van der Waals surface area contributed by atoms with E-state index in [4.69, 9.17) is 9.47 Å². The van der Waals surface area contributed by atoms with Crippen molar-refractivity contribution >= 4 is 29.5 Å². The third-order valence-corrected chi connectivity index (χ3v) is 4.95. The minimum atomic E-state index is -0.776. The van der Waals surface area contributed by atoms with Gasteiger partial charge in [0.15, 0.2) is 0 Å². The zero-order valence-corrected chi connectivity index (χ0v) is 20.9. The number of amides is 5. The average molecular weight is 483 g/mol. The molecular weight excluding hydrogens is 444 g/mol. The minimum absolute atomic E-state index is 0.159. The Morgan fingerprint density at radius 2 is 1.44 bits per heavy atom. The molecule has 0 aromatic carbocycles. The number of carbonyl (C=O) groups is 5. The van der Waals surface area contributed by atoms with Crippen molar-refractivity contribution in [3.8, 4) is 0 Å². The second kappa shape index (κ2) is 13.8. The molecule has 3 N–H and O–H groups in total. The summed E-state index contributed by atoms with van der Waals surface area (Å²) in [7, 11) is 0. The predicted molar refractivity (Wildman–Crippen MR) is 124 cm³/mol. The molecule has 1 aliphatic rings. The van der Waals surface area contributed by atoms with Crippen LogP contribution in [-0.2, 0) is 33.4 Å².